The SMILES string of the molecule is O=C(O)NC1CCN(C(=O)c2cc(C=C3OC(=O)c4ccccc43)ccc2F)C1. The molecule has 0 aromatic heterocycles. The van der Waals surface area contributed by atoms with Gasteiger partial charge in [-0.15, -0.1) is 0 Å². The van der Waals surface area contributed by atoms with E-state index in [-0.39, 0.29) is 18.2 Å². The topological polar surface area (TPSA) is 95.9 Å². The molecule has 7 nitrogen and oxygen atoms in total. The van der Waals surface area contributed by atoms with E-state index in [2.05, 4.69) is 5.32 Å². The van der Waals surface area contributed by atoms with E-state index < -0.39 is 23.8 Å². The first kappa shape index (κ1) is 18.7. The molecule has 1 fully saturated rings. The minimum atomic E-state index is -1.16. The number of nitrogens with one attached hydrogen (secondary N) is 1. The Labute approximate surface area is 165 Å². The number of fused-ring (bicyclic) bond motifs is 1. The van der Waals surface area contributed by atoms with Gasteiger partial charge in [0.2, 0.25) is 0 Å². The number of halogens is 1. The summed E-state index contributed by atoms with van der Waals surface area (Å²) >= 11 is 0. The van der Waals surface area contributed by atoms with Gasteiger partial charge in [0.25, 0.3) is 5.91 Å². The van der Waals surface area contributed by atoms with Crippen molar-refractivity contribution in [1.29, 1.82) is 0 Å². The van der Waals surface area contributed by atoms with Crippen molar-refractivity contribution in [2.75, 3.05) is 13.1 Å². The maximum absolute atomic E-state index is 14.3. The van der Waals surface area contributed by atoms with Crippen molar-refractivity contribution in [1.82, 2.24) is 10.2 Å². The molecular formula is C21H17FN2O5. The highest BCUT2D eigenvalue weighted by Gasteiger charge is 2.30. The summed E-state index contributed by atoms with van der Waals surface area (Å²) in [6, 6.07) is 10.6. The Kier molecular flexibility index (Phi) is 4.75. The van der Waals surface area contributed by atoms with E-state index in [0.717, 1.165) is 0 Å². The summed E-state index contributed by atoms with van der Waals surface area (Å²) in [6.07, 6.45) is 0.894. The lowest BCUT2D eigenvalue weighted by atomic mass is 10.0. The van der Waals surface area contributed by atoms with Gasteiger partial charge in [0.15, 0.2) is 0 Å². The monoisotopic (exact) mass is 396 g/mol. The summed E-state index contributed by atoms with van der Waals surface area (Å²) in [7, 11) is 0. The van der Waals surface area contributed by atoms with Gasteiger partial charge >= 0.3 is 12.1 Å². The predicted molar refractivity (Wildman–Crippen MR) is 102 cm³/mol. The number of likely N-dealkylation sites (tertiary alicyclic amines) is 1. The Morgan fingerprint density at radius 3 is 2.72 bits per heavy atom. The number of carbonyl (C=O) groups is 3. The average Bonchev–Trinajstić information content (AvgIpc) is 3.27. The summed E-state index contributed by atoms with van der Waals surface area (Å²) in [5.74, 6) is -1.31. The zero-order chi connectivity index (χ0) is 20.5. The molecule has 1 atom stereocenters. The third-order valence-electron chi connectivity index (χ3n) is 4.94. The van der Waals surface area contributed by atoms with E-state index in [0.29, 0.717) is 35.4 Å². The van der Waals surface area contributed by atoms with E-state index in [1.165, 1.54) is 23.1 Å². The number of ether oxygens (including phenoxy) is 1. The van der Waals surface area contributed by atoms with Crippen LogP contribution in [0.2, 0.25) is 0 Å². The molecular weight excluding hydrogens is 379 g/mol. The third-order valence-corrected chi connectivity index (χ3v) is 4.94. The molecule has 2 amide bonds. The molecule has 0 radical (unpaired) electrons. The maximum atomic E-state index is 14.3. The van der Waals surface area contributed by atoms with Gasteiger partial charge in [-0.05, 0) is 36.3 Å². The van der Waals surface area contributed by atoms with E-state index in [1.807, 2.05) is 0 Å². The normalized spacial score (nSPS) is 19.2. The van der Waals surface area contributed by atoms with Gasteiger partial charge in [0.05, 0.1) is 17.2 Å². The van der Waals surface area contributed by atoms with Crippen LogP contribution in [0.1, 0.15) is 38.3 Å². The second kappa shape index (κ2) is 7.38. The summed E-state index contributed by atoms with van der Waals surface area (Å²) in [4.78, 5) is 36.9. The van der Waals surface area contributed by atoms with E-state index >= 15 is 0 Å². The first-order valence-electron chi connectivity index (χ1n) is 9.04. The van der Waals surface area contributed by atoms with E-state index in [9.17, 15) is 18.8 Å². The molecule has 2 heterocycles. The number of rotatable bonds is 3. The fraction of sp³-hybridized carbons (Fsp3) is 0.190. The van der Waals surface area contributed by atoms with Crippen molar-refractivity contribution in [2.24, 2.45) is 0 Å². The van der Waals surface area contributed by atoms with Crippen molar-refractivity contribution >= 4 is 29.8 Å². The third kappa shape index (κ3) is 3.69. The molecule has 2 aromatic rings. The van der Waals surface area contributed by atoms with Gasteiger partial charge in [0, 0.05) is 18.7 Å². The smallest absolute Gasteiger partial charge is 0.404 e. The van der Waals surface area contributed by atoms with E-state index in [4.69, 9.17) is 9.84 Å². The lowest BCUT2D eigenvalue weighted by Crippen LogP contribution is -2.37. The van der Waals surface area contributed by atoms with Crippen molar-refractivity contribution < 1.29 is 28.6 Å². The van der Waals surface area contributed by atoms with Crippen LogP contribution in [-0.4, -0.2) is 47.1 Å². The standard InChI is InChI=1S/C21H17FN2O5/c22-17-6-5-12(10-18-14-3-1-2-4-15(14)20(26)29-18)9-16(17)19(25)24-8-7-13(11-24)23-21(27)28/h1-6,9-10,13,23H,7-8,11H2,(H,27,28). The fourth-order valence-corrected chi connectivity index (χ4v) is 3.55. The first-order chi connectivity index (χ1) is 13.9. The van der Waals surface area contributed by atoms with Gasteiger partial charge in [-0.1, -0.05) is 24.3 Å². The Bertz CT molecular complexity index is 1050. The summed E-state index contributed by atoms with van der Waals surface area (Å²) in [5.41, 5.74) is 1.48. The van der Waals surface area contributed by atoms with Gasteiger partial charge in [-0.25, -0.2) is 14.0 Å². The number of hydrogen-bond acceptors (Lipinski definition) is 4. The van der Waals surface area contributed by atoms with Gasteiger partial charge in [-0.3, -0.25) is 4.79 Å². The molecule has 0 saturated carbocycles. The van der Waals surface area contributed by atoms with Crippen LogP contribution in [0.25, 0.3) is 11.8 Å². The van der Waals surface area contributed by atoms with Gasteiger partial charge in [0.1, 0.15) is 11.6 Å². The molecule has 0 bridgehead atoms. The lowest BCUT2D eigenvalue weighted by molar-refractivity contribution is 0.0716. The first-order valence-corrected chi connectivity index (χ1v) is 9.04. The molecule has 1 unspecified atom stereocenters. The largest absolute Gasteiger partial charge is 0.465 e. The van der Waals surface area contributed by atoms with Crippen LogP contribution < -0.4 is 5.32 Å². The highest BCUT2D eigenvalue weighted by Crippen LogP contribution is 2.31. The Morgan fingerprint density at radius 1 is 1.21 bits per heavy atom. The van der Waals surface area contributed by atoms with Crippen molar-refractivity contribution in [3.63, 3.8) is 0 Å². The molecule has 2 aliphatic heterocycles. The van der Waals surface area contributed by atoms with Crippen LogP contribution >= 0.6 is 0 Å². The van der Waals surface area contributed by atoms with Crippen molar-refractivity contribution in [2.45, 2.75) is 12.5 Å². The van der Waals surface area contributed by atoms with Gasteiger partial charge in [-0.2, -0.15) is 0 Å². The van der Waals surface area contributed by atoms with E-state index in [1.54, 1.807) is 30.3 Å². The fourth-order valence-electron chi connectivity index (χ4n) is 3.55. The quantitative estimate of drug-likeness (QED) is 0.778. The summed E-state index contributed by atoms with van der Waals surface area (Å²) in [5, 5.41) is 11.1. The van der Waals surface area contributed by atoms with Crippen molar-refractivity contribution in [3.8, 4) is 0 Å². The van der Waals surface area contributed by atoms with Crippen LogP contribution in [0.4, 0.5) is 9.18 Å². The molecule has 1 saturated heterocycles. The number of amides is 2. The van der Waals surface area contributed by atoms with Crippen LogP contribution in [0, 0.1) is 5.82 Å². The number of nitrogens with zero attached hydrogens (tertiary/aromatic N) is 1. The zero-order valence-electron chi connectivity index (χ0n) is 15.2. The number of esters is 1. The Balaban J connectivity index is 1.58. The molecule has 148 valence electrons. The van der Waals surface area contributed by atoms with Gasteiger partial charge < -0.3 is 20.1 Å². The predicted octanol–water partition coefficient (Wildman–Crippen LogP) is 2.98. The second-order valence-corrected chi connectivity index (χ2v) is 6.87. The zero-order valence-corrected chi connectivity index (χ0v) is 15.2. The molecule has 29 heavy (non-hydrogen) atoms. The molecule has 0 aliphatic carbocycles. The second-order valence-electron chi connectivity index (χ2n) is 6.87. The lowest BCUT2D eigenvalue weighted by Gasteiger charge is -2.17. The molecule has 2 N–H and O–H groups in total. The van der Waals surface area contributed by atoms with Crippen LogP contribution in [0.15, 0.2) is 42.5 Å². The molecule has 2 aromatic carbocycles. The van der Waals surface area contributed by atoms with Crippen LogP contribution in [-0.2, 0) is 4.74 Å². The molecule has 2 aliphatic rings. The molecule has 4 rings (SSSR count). The van der Waals surface area contributed by atoms with Crippen LogP contribution in [0.5, 0.6) is 0 Å². The highest BCUT2D eigenvalue weighted by atomic mass is 19.1. The Morgan fingerprint density at radius 2 is 1.97 bits per heavy atom. The Hall–Kier alpha value is -3.68. The average molecular weight is 396 g/mol. The number of carbonyl (C=O) groups excluding carboxylic acids is 2. The number of benzene rings is 2. The molecule has 8 heteroatoms. The van der Waals surface area contributed by atoms with Crippen LogP contribution in [0.3, 0.4) is 0 Å². The summed E-state index contributed by atoms with van der Waals surface area (Å²) in [6.45, 7) is 0.514. The van der Waals surface area contributed by atoms with Crippen molar-refractivity contribution in [3.05, 3.63) is 70.5 Å². The minimum Gasteiger partial charge on any atom is -0.465 e. The number of carboxylic acid groups (broad SMARTS) is 1. The summed E-state index contributed by atoms with van der Waals surface area (Å²) < 4.78 is 19.6. The maximum Gasteiger partial charge on any atom is 0.404 e. The highest BCUT2D eigenvalue weighted by molar-refractivity contribution is 6.05. The molecule has 0 spiro atoms. The number of hydrogen-bond donors (Lipinski definition) is 2. The minimum absolute atomic E-state index is 0.118. The number of cyclic esters (lactones) is 1.